The predicted octanol–water partition coefficient (Wildman–Crippen LogP) is 3.37. The van der Waals surface area contributed by atoms with Crippen molar-refractivity contribution in [2.24, 2.45) is 0 Å². The SMILES string of the molecule is CCS(=O)(=O)NCCSc1nc2ccccc2n1-c1ccc(C)cc1. The standard InChI is InChI=1S/C18H21N3O2S2/c1-3-25(22,23)19-12-13-24-18-20-16-6-4-5-7-17(16)21(18)15-10-8-14(2)9-11-15/h4-11,19H,3,12-13H2,1-2H3. The van der Waals surface area contributed by atoms with Gasteiger partial charge in [-0.3, -0.25) is 4.57 Å². The highest BCUT2D eigenvalue weighted by molar-refractivity contribution is 7.99. The highest BCUT2D eigenvalue weighted by Crippen LogP contribution is 2.27. The van der Waals surface area contributed by atoms with Gasteiger partial charge < -0.3 is 0 Å². The molecule has 0 saturated carbocycles. The van der Waals surface area contributed by atoms with Crippen LogP contribution in [-0.4, -0.2) is 36.0 Å². The molecule has 0 saturated heterocycles. The van der Waals surface area contributed by atoms with Gasteiger partial charge >= 0.3 is 0 Å². The zero-order valence-corrected chi connectivity index (χ0v) is 15.9. The number of fused-ring (bicyclic) bond motifs is 1. The molecule has 132 valence electrons. The molecule has 0 unspecified atom stereocenters. The number of nitrogens with zero attached hydrogens (tertiary/aromatic N) is 2. The van der Waals surface area contributed by atoms with Gasteiger partial charge in [0.2, 0.25) is 10.0 Å². The molecule has 0 fully saturated rings. The van der Waals surface area contributed by atoms with E-state index in [4.69, 9.17) is 4.98 Å². The Morgan fingerprint density at radius 1 is 1.12 bits per heavy atom. The molecule has 0 aliphatic carbocycles. The Morgan fingerprint density at radius 3 is 2.56 bits per heavy atom. The van der Waals surface area contributed by atoms with Gasteiger partial charge in [0.15, 0.2) is 5.16 Å². The minimum Gasteiger partial charge on any atom is -0.287 e. The Bertz CT molecular complexity index is 964. The Kier molecular flexibility index (Phi) is 5.46. The molecule has 0 bridgehead atoms. The summed E-state index contributed by atoms with van der Waals surface area (Å²) in [6.45, 7) is 4.08. The van der Waals surface area contributed by atoms with Crippen LogP contribution in [0.1, 0.15) is 12.5 Å². The maximum absolute atomic E-state index is 11.5. The van der Waals surface area contributed by atoms with Crippen LogP contribution in [0.5, 0.6) is 0 Å². The van der Waals surface area contributed by atoms with E-state index in [0.717, 1.165) is 21.9 Å². The number of thioether (sulfide) groups is 1. The van der Waals surface area contributed by atoms with E-state index in [1.54, 1.807) is 18.7 Å². The van der Waals surface area contributed by atoms with Crippen molar-refractivity contribution in [3.05, 3.63) is 54.1 Å². The molecule has 5 nitrogen and oxygen atoms in total. The molecule has 7 heteroatoms. The Labute approximate surface area is 152 Å². The second-order valence-electron chi connectivity index (χ2n) is 5.70. The lowest BCUT2D eigenvalue weighted by molar-refractivity contribution is 0.585. The highest BCUT2D eigenvalue weighted by Gasteiger charge is 2.13. The molecule has 1 N–H and O–H groups in total. The number of hydrogen-bond donors (Lipinski definition) is 1. The number of rotatable bonds is 7. The molecule has 0 radical (unpaired) electrons. The van der Waals surface area contributed by atoms with E-state index >= 15 is 0 Å². The molecule has 0 amide bonds. The average Bonchev–Trinajstić information content (AvgIpc) is 2.98. The average molecular weight is 376 g/mol. The lowest BCUT2D eigenvalue weighted by Crippen LogP contribution is -2.27. The van der Waals surface area contributed by atoms with Gasteiger partial charge in [-0.1, -0.05) is 41.6 Å². The number of aromatic nitrogens is 2. The Morgan fingerprint density at radius 2 is 1.84 bits per heavy atom. The Hall–Kier alpha value is -1.83. The van der Waals surface area contributed by atoms with Crippen molar-refractivity contribution in [2.75, 3.05) is 18.1 Å². The third-order valence-electron chi connectivity index (χ3n) is 3.86. The van der Waals surface area contributed by atoms with Crippen LogP contribution in [0, 0.1) is 6.92 Å². The second-order valence-corrected chi connectivity index (χ2v) is 8.86. The molecule has 1 heterocycles. The number of hydrogen-bond acceptors (Lipinski definition) is 4. The van der Waals surface area contributed by atoms with E-state index in [1.807, 2.05) is 24.3 Å². The van der Waals surface area contributed by atoms with Crippen molar-refractivity contribution >= 4 is 32.8 Å². The number of benzene rings is 2. The largest absolute Gasteiger partial charge is 0.287 e. The van der Waals surface area contributed by atoms with E-state index in [1.165, 1.54) is 5.56 Å². The van der Waals surface area contributed by atoms with Crippen LogP contribution in [-0.2, 0) is 10.0 Å². The van der Waals surface area contributed by atoms with Gasteiger partial charge in [-0.05, 0) is 38.1 Å². The third-order valence-corrected chi connectivity index (χ3v) is 6.20. The summed E-state index contributed by atoms with van der Waals surface area (Å²) in [5.41, 5.74) is 4.23. The third kappa shape index (κ3) is 4.23. The monoisotopic (exact) mass is 375 g/mol. The molecule has 0 atom stereocenters. The molecule has 2 aromatic carbocycles. The van der Waals surface area contributed by atoms with Gasteiger partial charge in [-0.25, -0.2) is 18.1 Å². The molecular formula is C18H21N3O2S2. The first-order valence-corrected chi connectivity index (χ1v) is 10.8. The molecule has 3 rings (SSSR count). The lowest BCUT2D eigenvalue weighted by atomic mass is 10.2. The van der Waals surface area contributed by atoms with Crippen molar-refractivity contribution in [1.29, 1.82) is 0 Å². The van der Waals surface area contributed by atoms with Crippen molar-refractivity contribution in [3.63, 3.8) is 0 Å². The summed E-state index contributed by atoms with van der Waals surface area (Å²) in [6, 6.07) is 16.3. The normalized spacial score (nSPS) is 11.9. The van der Waals surface area contributed by atoms with Gasteiger partial charge in [-0.15, -0.1) is 0 Å². The van der Waals surface area contributed by atoms with Crippen LogP contribution in [0.25, 0.3) is 16.7 Å². The topological polar surface area (TPSA) is 64.0 Å². The maximum Gasteiger partial charge on any atom is 0.211 e. The van der Waals surface area contributed by atoms with Crippen LogP contribution in [0.3, 0.4) is 0 Å². The van der Waals surface area contributed by atoms with Crippen LogP contribution < -0.4 is 4.72 Å². The number of nitrogens with one attached hydrogen (secondary N) is 1. The summed E-state index contributed by atoms with van der Waals surface area (Å²) in [5.74, 6) is 0.716. The quantitative estimate of drug-likeness (QED) is 0.508. The molecule has 0 aliphatic heterocycles. The van der Waals surface area contributed by atoms with Crippen molar-refractivity contribution < 1.29 is 8.42 Å². The Balaban J connectivity index is 1.87. The van der Waals surface area contributed by atoms with Gasteiger partial charge in [0.05, 0.1) is 16.8 Å². The zero-order valence-electron chi connectivity index (χ0n) is 14.3. The number of imidazole rings is 1. The number of aryl methyl sites for hydroxylation is 1. The maximum atomic E-state index is 11.5. The highest BCUT2D eigenvalue weighted by atomic mass is 32.2. The molecule has 25 heavy (non-hydrogen) atoms. The number of sulfonamides is 1. The van der Waals surface area contributed by atoms with Gasteiger partial charge in [0, 0.05) is 18.0 Å². The summed E-state index contributed by atoms with van der Waals surface area (Å²) in [5, 5.41) is 0.862. The summed E-state index contributed by atoms with van der Waals surface area (Å²) < 4.78 is 27.8. The summed E-state index contributed by atoms with van der Waals surface area (Å²) in [4.78, 5) is 4.71. The van der Waals surface area contributed by atoms with E-state index in [9.17, 15) is 8.42 Å². The van der Waals surface area contributed by atoms with E-state index in [0.29, 0.717) is 12.3 Å². The smallest absolute Gasteiger partial charge is 0.211 e. The van der Waals surface area contributed by atoms with Gasteiger partial charge in [0.1, 0.15) is 0 Å². The first kappa shape index (κ1) is 18.0. The van der Waals surface area contributed by atoms with E-state index in [2.05, 4.69) is 40.5 Å². The molecule has 3 aromatic rings. The van der Waals surface area contributed by atoms with Crippen molar-refractivity contribution in [2.45, 2.75) is 19.0 Å². The van der Waals surface area contributed by atoms with E-state index in [-0.39, 0.29) is 5.75 Å². The molecular weight excluding hydrogens is 354 g/mol. The zero-order chi connectivity index (χ0) is 17.9. The fraction of sp³-hybridized carbons (Fsp3) is 0.278. The van der Waals surface area contributed by atoms with Crippen LogP contribution in [0.4, 0.5) is 0 Å². The molecule has 0 spiro atoms. The van der Waals surface area contributed by atoms with Crippen molar-refractivity contribution in [3.8, 4) is 5.69 Å². The van der Waals surface area contributed by atoms with E-state index < -0.39 is 10.0 Å². The second kappa shape index (κ2) is 7.59. The summed E-state index contributed by atoms with van der Waals surface area (Å²) in [7, 11) is -3.16. The van der Waals surface area contributed by atoms with Crippen LogP contribution in [0.2, 0.25) is 0 Å². The fourth-order valence-electron chi connectivity index (χ4n) is 2.49. The first-order valence-electron chi connectivity index (χ1n) is 8.15. The minimum atomic E-state index is -3.16. The first-order chi connectivity index (χ1) is 12.0. The summed E-state index contributed by atoms with van der Waals surface area (Å²) in [6.07, 6.45) is 0. The van der Waals surface area contributed by atoms with Crippen molar-refractivity contribution in [1.82, 2.24) is 14.3 Å². The van der Waals surface area contributed by atoms with Gasteiger partial charge in [0.25, 0.3) is 0 Å². The van der Waals surface area contributed by atoms with Crippen LogP contribution in [0.15, 0.2) is 53.7 Å². The molecule has 1 aromatic heterocycles. The minimum absolute atomic E-state index is 0.0968. The predicted molar refractivity (Wildman–Crippen MR) is 104 cm³/mol. The summed E-state index contributed by atoms with van der Waals surface area (Å²) >= 11 is 1.55. The molecule has 0 aliphatic rings. The lowest BCUT2D eigenvalue weighted by Gasteiger charge is -2.09. The fourth-order valence-corrected chi connectivity index (χ4v) is 4.11. The number of para-hydroxylation sites is 2. The van der Waals surface area contributed by atoms with Crippen LogP contribution >= 0.6 is 11.8 Å². The van der Waals surface area contributed by atoms with Gasteiger partial charge in [-0.2, -0.15) is 0 Å².